The van der Waals surface area contributed by atoms with E-state index in [2.05, 4.69) is 15.3 Å². The van der Waals surface area contributed by atoms with Crippen LogP contribution in [0.1, 0.15) is 16.8 Å². The number of hydrogen-bond donors (Lipinski definition) is 2. The van der Waals surface area contributed by atoms with Crippen molar-refractivity contribution >= 4 is 11.4 Å². The molecule has 27 heavy (non-hydrogen) atoms. The highest BCUT2D eigenvalue weighted by molar-refractivity contribution is 5.75. The van der Waals surface area contributed by atoms with E-state index in [1.165, 1.54) is 0 Å². The molecule has 0 aliphatic heterocycles. The molecule has 2 aromatic heterocycles. The lowest BCUT2D eigenvalue weighted by Crippen LogP contribution is -2.13. The van der Waals surface area contributed by atoms with Crippen LogP contribution in [-0.2, 0) is 11.3 Å². The Bertz CT molecular complexity index is 870. The van der Waals surface area contributed by atoms with Gasteiger partial charge in [0.15, 0.2) is 0 Å². The molecule has 0 unspecified atom stereocenters. The van der Waals surface area contributed by atoms with Crippen LogP contribution in [0.3, 0.4) is 0 Å². The Hall–Kier alpha value is -3.12. The van der Waals surface area contributed by atoms with Crippen molar-refractivity contribution < 1.29 is 9.47 Å². The number of para-hydroxylation sites is 1. The Balaban J connectivity index is 1.62. The molecule has 0 saturated heterocycles. The molecule has 3 rings (SSSR count). The number of benzene rings is 1. The van der Waals surface area contributed by atoms with Crippen molar-refractivity contribution in [2.75, 3.05) is 24.2 Å². The highest BCUT2D eigenvalue weighted by Gasteiger charge is 2.14. The van der Waals surface area contributed by atoms with E-state index in [0.717, 1.165) is 22.5 Å². The van der Waals surface area contributed by atoms with Crippen LogP contribution in [0.25, 0.3) is 0 Å². The van der Waals surface area contributed by atoms with Crippen molar-refractivity contribution in [1.29, 1.82) is 0 Å². The molecule has 0 atom stereocenters. The number of anilines is 2. The minimum absolute atomic E-state index is 0.407. The van der Waals surface area contributed by atoms with Gasteiger partial charge < -0.3 is 20.5 Å². The first-order valence-electron chi connectivity index (χ1n) is 8.85. The van der Waals surface area contributed by atoms with E-state index in [1.807, 2.05) is 56.3 Å². The summed E-state index contributed by atoms with van der Waals surface area (Å²) in [5.41, 5.74) is 10.6. The Kier molecular flexibility index (Phi) is 6.22. The molecule has 2 heterocycles. The molecule has 0 bridgehead atoms. The van der Waals surface area contributed by atoms with E-state index in [1.54, 1.807) is 12.4 Å². The molecule has 3 N–H and O–H groups in total. The molecule has 0 saturated carbocycles. The van der Waals surface area contributed by atoms with E-state index in [0.29, 0.717) is 37.1 Å². The van der Waals surface area contributed by atoms with Crippen LogP contribution in [0.5, 0.6) is 11.6 Å². The minimum atomic E-state index is 0.407. The molecule has 6 nitrogen and oxygen atoms in total. The Morgan fingerprint density at radius 1 is 1.04 bits per heavy atom. The zero-order valence-electron chi connectivity index (χ0n) is 15.6. The summed E-state index contributed by atoms with van der Waals surface area (Å²) >= 11 is 0. The third-order valence-corrected chi connectivity index (χ3v) is 4.21. The molecule has 6 heteroatoms. The van der Waals surface area contributed by atoms with Crippen LogP contribution < -0.4 is 15.8 Å². The highest BCUT2D eigenvalue weighted by Crippen LogP contribution is 2.34. The Labute approximate surface area is 159 Å². The second kappa shape index (κ2) is 9.00. The number of aromatic nitrogens is 2. The van der Waals surface area contributed by atoms with E-state index in [-0.39, 0.29) is 0 Å². The maximum Gasteiger partial charge on any atom is 0.245 e. The summed E-state index contributed by atoms with van der Waals surface area (Å²) in [5, 5.41) is 3.35. The molecule has 3 aromatic rings. The summed E-state index contributed by atoms with van der Waals surface area (Å²) < 4.78 is 11.6. The van der Waals surface area contributed by atoms with E-state index in [9.17, 15) is 0 Å². The smallest absolute Gasteiger partial charge is 0.245 e. The van der Waals surface area contributed by atoms with Crippen molar-refractivity contribution in [1.82, 2.24) is 9.97 Å². The molecule has 0 fully saturated rings. The number of rotatable bonds is 8. The van der Waals surface area contributed by atoms with Crippen molar-refractivity contribution in [3.05, 3.63) is 71.7 Å². The Morgan fingerprint density at radius 2 is 1.78 bits per heavy atom. The SMILES string of the molecule is Cc1nc(Oc2ccccc2)c(N)c(NCCOCc2ccncc2)c1C. The van der Waals surface area contributed by atoms with Crippen LogP contribution in [0, 0.1) is 13.8 Å². The Morgan fingerprint density at radius 3 is 2.52 bits per heavy atom. The number of aryl methyl sites for hydroxylation is 1. The van der Waals surface area contributed by atoms with Crippen LogP contribution in [0.15, 0.2) is 54.9 Å². The predicted octanol–water partition coefficient (Wildman–Crippen LogP) is 4.10. The van der Waals surface area contributed by atoms with Gasteiger partial charge in [0.1, 0.15) is 11.4 Å². The fourth-order valence-electron chi connectivity index (χ4n) is 2.61. The number of pyridine rings is 2. The molecule has 0 aliphatic rings. The first kappa shape index (κ1) is 18.7. The number of ether oxygens (including phenoxy) is 2. The maximum absolute atomic E-state index is 6.31. The van der Waals surface area contributed by atoms with Crippen molar-refractivity contribution in [2.45, 2.75) is 20.5 Å². The summed E-state index contributed by atoms with van der Waals surface area (Å²) in [5.74, 6) is 1.11. The highest BCUT2D eigenvalue weighted by atomic mass is 16.5. The van der Waals surface area contributed by atoms with Gasteiger partial charge in [0, 0.05) is 24.6 Å². The lowest BCUT2D eigenvalue weighted by atomic mass is 10.1. The zero-order chi connectivity index (χ0) is 19.1. The van der Waals surface area contributed by atoms with Crippen LogP contribution >= 0.6 is 0 Å². The van der Waals surface area contributed by atoms with E-state index >= 15 is 0 Å². The average Bonchev–Trinajstić information content (AvgIpc) is 2.70. The second-order valence-electron chi connectivity index (χ2n) is 6.17. The molecule has 0 amide bonds. The molecule has 0 aliphatic carbocycles. The number of nitrogens with two attached hydrogens (primary N) is 1. The first-order valence-corrected chi connectivity index (χ1v) is 8.85. The summed E-state index contributed by atoms with van der Waals surface area (Å²) in [6.45, 7) is 5.67. The monoisotopic (exact) mass is 364 g/mol. The summed E-state index contributed by atoms with van der Waals surface area (Å²) in [6, 6.07) is 13.4. The van der Waals surface area contributed by atoms with Crippen molar-refractivity contribution in [3.63, 3.8) is 0 Å². The van der Waals surface area contributed by atoms with Gasteiger partial charge in [-0.2, -0.15) is 0 Å². The predicted molar refractivity (Wildman–Crippen MR) is 107 cm³/mol. The lowest BCUT2D eigenvalue weighted by Gasteiger charge is -2.17. The standard InChI is InChI=1S/C21H24N4O2/c1-15-16(2)25-21(27-18-6-4-3-5-7-18)19(22)20(15)24-12-13-26-14-17-8-10-23-11-9-17/h3-11H,12-14,22H2,1-2H3,(H,24,25). The van der Waals surface area contributed by atoms with Gasteiger partial charge in [-0.15, -0.1) is 0 Å². The van der Waals surface area contributed by atoms with Gasteiger partial charge in [0.05, 0.1) is 18.9 Å². The number of nitrogens with one attached hydrogen (secondary N) is 1. The van der Waals surface area contributed by atoms with Gasteiger partial charge in [-0.05, 0) is 49.2 Å². The fraction of sp³-hybridized carbons (Fsp3) is 0.238. The number of nitrogen functional groups attached to an aromatic ring is 1. The number of nitrogens with zero attached hydrogens (tertiary/aromatic N) is 2. The van der Waals surface area contributed by atoms with Gasteiger partial charge in [0.2, 0.25) is 5.88 Å². The van der Waals surface area contributed by atoms with Gasteiger partial charge in [-0.1, -0.05) is 18.2 Å². The molecule has 0 radical (unpaired) electrons. The zero-order valence-corrected chi connectivity index (χ0v) is 15.6. The topological polar surface area (TPSA) is 82.3 Å². The van der Waals surface area contributed by atoms with Gasteiger partial charge in [0.25, 0.3) is 0 Å². The van der Waals surface area contributed by atoms with Gasteiger partial charge in [-0.25, -0.2) is 4.98 Å². The summed E-state index contributed by atoms with van der Waals surface area (Å²) in [6.07, 6.45) is 3.52. The molecule has 140 valence electrons. The van der Waals surface area contributed by atoms with Crippen LogP contribution in [-0.4, -0.2) is 23.1 Å². The average molecular weight is 364 g/mol. The van der Waals surface area contributed by atoms with Crippen LogP contribution in [0.2, 0.25) is 0 Å². The summed E-state index contributed by atoms with van der Waals surface area (Å²) in [4.78, 5) is 8.48. The molecule has 1 aromatic carbocycles. The minimum Gasteiger partial charge on any atom is -0.437 e. The third-order valence-electron chi connectivity index (χ3n) is 4.21. The number of hydrogen-bond acceptors (Lipinski definition) is 6. The third kappa shape index (κ3) is 4.95. The van der Waals surface area contributed by atoms with Crippen molar-refractivity contribution in [2.24, 2.45) is 0 Å². The van der Waals surface area contributed by atoms with Crippen LogP contribution in [0.4, 0.5) is 11.4 Å². The fourth-order valence-corrected chi connectivity index (χ4v) is 2.61. The first-order chi connectivity index (χ1) is 13.1. The largest absolute Gasteiger partial charge is 0.437 e. The molecular formula is C21H24N4O2. The van der Waals surface area contributed by atoms with E-state index in [4.69, 9.17) is 15.2 Å². The van der Waals surface area contributed by atoms with Crippen molar-refractivity contribution in [3.8, 4) is 11.6 Å². The van der Waals surface area contributed by atoms with Gasteiger partial charge in [-0.3, -0.25) is 4.98 Å². The quantitative estimate of drug-likeness (QED) is 0.586. The maximum atomic E-state index is 6.31. The normalized spacial score (nSPS) is 10.6. The second-order valence-corrected chi connectivity index (χ2v) is 6.17. The summed E-state index contributed by atoms with van der Waals surface area (Å²) in [7, 11) is 0. The molecule has 0 spiro atoms. The molecular weight excluding hydrogens is 340 g/mol. The van der Waals surface area contributed by atoms with E-state index < -0.39 is 0 Å². The lowest BCUT2D eigenvalue weighted by molar-refractivity contribution is 0.130. The van der Waals surface area contributed by atoms with Gasteiger partial charge >= 0.3 is 0 Å².